The molecule has 0 heterocycles. The smallest absolute Gasteiger partial charge is 0.310 e. The van der Waals surface area contributed by atoms with Crippen LogP contribution in [0, 0.1) is 17.3 Å². The number of carbonyl (C=O) groups is 2. The first-order valence-corrected chi connectivity index (χ1v) is 7.32. The van der Waals surface area contributed by atoms with Crippen molar-refractivity contribution in [1.82, 2.24) is 0 Å². The number of carboxylic acid groups (broad SMARTS) is 1. The predicted molar refractivity (Wildman–Crippen MR) is 75.1 cm³/mol. The van der Waals surface area contributed by atoms with Gasteiger partial charge in [-0.15, -0.1) is 0 Å². The van der Waals surface area contributed by atoms with Crippen LogP contribution in [0.5, 0.6) is 0 Å². The van der Waals surface area contributed by atoms with Crippen molar-refractivity contribution in [1.29, 1.82) is 0 Å². The molecule has 20 heavy (non-hydrogen) atoms. The van der Waals surface area contributed by atoms with Crippen molar-refractivity contribution in [3.63, 3.8) is 0 Å². The zero-order valence-electron chi connectivity index (χ0n) is 12.5. The van der Waals surface area contributed by atoms with Crippen LogP contribution in [0.3, 0.4) is 0 Å². The number of rotatable bonds is 3. The third-order valence-electron chi connectivity index (χ3n) is 4.37. The number of esters is 1. The van der Waals surface area contributed by atoms with Gasteiger partial charge in [0.25, 0.3) is 0 Å². The van der Waals surface area contributed by atoms with E-state index in [0.717, 1.165) is 12.8 Å². The van der Waals surface area contributed by atoms with E-state index >= 15 is 0 Å². The summed E-state index contributed by atoms with van der Waals surface area (Å²) in [7, 11) is 0. The molecule has 0 aromatic heterocycles. The topological polar surface area (TPSA) is 63.6 Å². The van der Waals surface area contributed by atoms with E-state index in [9.17, 15) is 14.7 Å². The van der Waals surface area contributed by atoms with Crippen molar-refractivity contribution in [2.45, 2.75) is 58.5 Å². The SMILES string of the molecule is CC(C)(C)OC(=O)CC1(C(=O)O)CC2CC=CCC2C1. The first kappa shape index (κ1) is 15.1. The van der Waals surface area contributed by atoms with Crippen LogP contribution in [0.4, 0.5) is 0 Å². The van der Waals surface area contributed by atoms with Gasteiger partial charge in [0.15, 0.2) is 0 Å². The summed E-state index contributed by atoms with van der Waals surface area (Å²) in [6.07, 6.45) is 7.32. The van der Waals surface area contributed by atoms with Crippen LogP contribution in [-0.4, -0.2) is 22.6 Å². The summed E-state index contributed by atoms with van der Waals surface area (Å²) in [5.74, 6) is -0.443. The predicted octanol–water partition coefficient (Wildman–Crippen LogP) is 3.17. The highest BCUT2D eigenvalue weighted by atomic mass is 16.6. The van der Waals surface area contributed by atoms with Gasteiger partial charge in [-0.05, 0) is 58.3 Å². The molecule has 0 bridgehead atoms. The Balaban J connectivity index is 2.09. The molecule has 2 atom stereocenters. The monoisotopic (exact) mass is 280 g/mol. The maximum absolute atomic E-state index is 12.0. The third-order valence-corrected chi connectivity index (χ3v) is 4.37. The Morgan fingerprint density at radius 3 is 2.10 bits per heavy atom. The van der Waals surface area contributed by atoms with Crippen molar-refractivity contribution in [2.24, 2.45) is 17.3 Å². The van der Waals surface area contributed by atoms with Gasteiger partial charge in [-0.1, -0.05) is 12.2 Å². The quantitative estimate of drug-likeness (QED) is 0.637. The summed E-state index contributed by atoms with van der Waals surface area (Å²) in [4.78, 5) is 23.8. The fraction of sp³-hybridized carbons (Fsp3) is 0.750. The molecule has 1 N–H and O–H groups in total. The molecule has 4 nitrogen and oxygen atoms in total. The van der Waals surface area contributed by atoms with Gasteiger partial charge in [-0.3, -0.25) is 9.59 Å². The Labute approximate surface area is 120 Å². The average molecular weight is 280 g/mol. The summed E-state index contributed by atoms with van der Waals surface area (Å²) in [5, 5.41) is 9.63. The van der Waals surface area contributed by atoms with Gasteiger partial charge in [0, 0.05) is 0 Å². The van der Waals surface area contributed by atoms with Crippen LogP contribution < -0.4 is 0 Å². The van der Waals surface area contributed by atoms with Gasteiger partial charge in [0.1, 0.15) is 5.60 Å². The minimum absolute atomic E-state index is 0.00734. The van der Waals surface area contributed by atoms with E-state index in [4.69, 9.17) is 4.74 Å². The van der Waals surface area contributed by atoms with Crippen LogP contribution in [0.15, 0.2) is 12.2 Å². The Kier molecular flexibility index (Phi) is 3.94. The van der Waals surface area contributed by atoms with Crippen molar-refractivity contribution in [2.75, 3.05) is 0 Å². The summed E-state index contributed by atoms with van der Waals surface area (Å²) >= 11 is 0. The van der Waals surface area contributed by atoms with Gasteiger partial charge in [-0.25, -0.2) is 0 Å². The second kappa shape index (κ2) is 5.23. The van der Waals surface area contributed by atoms with E-state index in [1.807, 2.05) is 0 Å². The summed E-state index contributed by atoms with van der Waals surface area (Å²) in [6.45, 7) is 5.41. The number of carboxylic acids is 1. The zero-order chi connectivity index (χ0) is 15.0. The maximum atomic E-state index is 12.0. The summed E-state index contributed by atoms with van der Waals surface area (Å²) in [6, 6.07) is 0. The van der Waals surface area contributed by atoms with Crippen LogP contribution in [0.25, 0.3) is 0 Å². The fourth-order valence-electron chi connectivity index (χ4n) is 3.56. The highest BCUT2D eigenvalue weighted by Crippen LogP contribution is 2.52. The van der Waals surface area contributed by atoms with Gasteiger partial charge in [0.05, 0.1) is 11.8 Å². The van der Waals surface area contributed by atoms with E-state index in [0.29, 0.717) is 24.7 Å². The largest absolute Gasteiger partial charge is 0.481 e. The molecule has 0 amide bonds. The number of allylic oxidation sites excluding steroid dienone is 2. The molecule has 2 aliphatic rings. The molecule has 0 spiro atoms. The van der Waals surface area contributed by atoms with Gasteiger partial charge in [-0.2, -0.15) is 0 Å². The van der Waals surface area contributed by atoms with Crippen LogP contribution in [0.1, 0.15) is 52.9 Å². The van der Waals surface area contributed by atoms with E-state index in [2.05, 4.69) is 12.2 Å². The number of hydrogen-bond acceptors (Lipinski definition) is 3. The van der Waals surface area contributed by atoms with Gasteiger partial charge in [0.2, 0.25) is 0 Å². The van der Waals surface area contributed by atoms with E-state index < -0.39 is 23.0 Å². The first-order chi connectivity index (χ1) is 9.22. The highest BCUT2D eigenvalue weighted by molar-refractivity contribution is 5.82. The summed E-state index contributed by atoms with van der Waals surface area (Å²) < 4.78 is 5.31. The number of fused-ring (bicyclic) bond motifs is 1. The lowest BCUT2D eigenvalue weighted by atomic mass is 9.81. The Hall–Kier alpha value is -1.32. The standard InChI is InChI=1S/C16H24O4/c1-15(2,3)20-13(17)10-16(14(18)19)8-11-6-4-5-7-12(11)9-16/h4-5,11-12H,6-10H2,1-3H3,(H,18,19). The second-order valence-electron chi connectivity index (χ2n) is 7.22. The Bertz CT molecular complexity index is 414. The van der Waals surface area contributed by atoms with Crippen molar-refractivity contribution < 1.29 is 19.4 Å². The van der Waals surface area contributed by atoms with Crippen molar-refractivity contribution in [3.05, 3.63) is 12.2 Å². The van der Waals surface area contributed by atoms with Crippen LogP contribution >= 0.6 is 0 Å². The molecule has 0 aliphatic heterocycles. The highest BCUT2D eigenvalue weighted by Gasteiger charge is 2.51. The molecular weight excluding hydrogens is 256 g/mol. The normalized spacial score (nSPS) is 32.8. The molecule has 0 aromatic carbocycles. The second-order valence-corrected chi connectivity index (χ2v) is 7.22. The molecule has 0 saturated heterocycles. The molecular formula is C16H24O4. The Morgan fingerprint density at radius 1 is 1.20 bits per heavy atom. The van der Waals surface area contributed by atoms with Crippen molar-refractivity contribution in [3.8, 4) is 0 Å². The Morgan fingerprint density at radius 2 is 1.70 bits per heavy atom. The average Bonchev–Trinajstić information content (AvgIpc) is 2.65. The van der Waals surface area contributed by atoms with Gasteiger partial charge < -0.3 is 9.84 Å². The minimum atomic E-state index is -0.927. The van der Waals surface area contributed by atoms with Crippen molar-refractivity contribution >= 4 is 11.9 Å². The summed E-state index contributed by atoms with van der Waals surface area (Å²) in [5.41, 5.74) is -1.49. The molecule has 0 aromatic rings. The maximum Gasteiger partial charge on any atom is 0.310 e. The number of ether oxygens (including phenoxy) is 1. The number of carbonyl (C=O) groups excluding carboxylic acids is 1. The molecule has 112 valence electrons. The first-order valence-electron chi connectivity index (χ1n) is 7.32. The molecule has 2 rings (SSSR count). The van der Waals surface area contributed by atoms with Crippen LogP contribution in [0.2, 0.25) is 0 Å². The molecule has 1 saturated carbocycles. The van der Waals surface area contributed by atoms with E-state index in [1.165, 1.54) is 0 Å². The molecule has 1 fully saturated rings. The lowest BCUT2D eigenvalue weighted by molar-refractivity contribution is -0.164. The van der Waals surface area contributed by atoms with E-state index in [1.54, 1.807) is 20.8 Å². The van der Waals surface area contributed by atoms with E-state index in [-0.39, 0.29) is 6.42 Å². The molecule has 2 aliphatic carbocycles. The van der Waals surface area contributed by atoms with Crippen LogP contribution in [-0.2, 0) is 14.3 Å². The fourth-order valence-corrected chi connectivity index (χ4v) is 3.56. The lowest BCUT2D eigenvalue weighted by Crippen LogP contribution is -2.34. The molecule has 4 heteroatoms. The number of aliphatic carboxylic acids is 1. The third kappa shape index (κ3) is 3.22. The number of hydrogen-bond donors (Lipinski definition) is 1. The zero-order valence-corrected chi connectivity index (χ0v) is 12.5. The van der Waals surface area contributed by atoms with Gasteiger partial charge >= 0.3 is 11.9 Å². The minimum Gasteiger partial charge on any atom is -0.481 e. The lowest BCUT2D eigenvalue weighted by Gasteiger charge is -2.26. The molecule has 2 unspecified atom stereocenters. The molecule has 0 radical (unpaired) electrons.